The molecule has 2 aromatic heterocycles. The number of rotatable bonds is 6. The van der Waals surface area contributed by atoms with Gasteiger partial charge in [-0.1, -0.05) is 6.07 Å². The van der Waals surface area contributed by atoms with Crippen LogP contribution in [0.3, 0.4) is 0 Å². The highest BCUT2D eigenvalue weighted by atomic mass is 32.2. The van der Waals surface area contributed by atoms with Gasteiger partial charge in [0.05, 0.1) is 6.42 Å². The molecule has 0 saturated heterocycles. The lowest BCUT2D eigenvalue weighted by atomic mass is 10.3. The molecule has 8 heteroatoms. The van der Waals surface area contributed by atoms with Crippen molar-refractivity contribution in [2.75, 3.05) is 6.54 Å². The molecule has 0 atom stereocenters. The van der Waals surface area contributed by atoms with Crippen LogP contribution in [0.4, 0.5) is 0 Å². The van der Waals surface area contributed by atoms with Gasteiger partial charge in [-0.2, -0.15) is 0 Å². The van der Waals surface area contributed by atoms with Gasteiger partial charge in [0.2, 0.25) is 15.9 Å². The molecule has 2 heterocycles. The molecule has 2 rings (SSSR count). The number of hydrogen-bond acceptors (Lipinski definition) is 5. The van der Waals surface area contributed by atoms with Crippen molar-refractivity contribution in [2.24, 2.45) is 5.14 Å². The Hall–Kier alpha value is -1.22. The summed E-state index contributed by atoms with van der Waals surface area (Å²) in [6, 6.07) is 7.04. The number of nitrogens with one attached hydrogen (secondary N) is 1. The number of thiophene rings is 2. The second kappa shape index (κ2) is 6.49. The van der Waals surface area contributed by atoms with Gasteiger partial charge in [0.1, 0.15) is 4.21 Å². The normalized spacial score (nSPS) is 11.4. The van der Waals surface area contributed by atoms with Crippen molar-refractivity contribution in [3.05, 3.63) is 39.4 Å². The van der Waals surface area contributed by atoms with Gasteiger partial charge in [-0.25, -0.2) is 13.6 Å². The Bertz CT molecular complexity index is 675. The lowest BCUT2D eigenvalue weighted by Crippen LogP contribution is -2.26. The standard InChI is InChI=1S/C12H14N2O3S3/c13-20(16,17)12-4-3-9(19-12)5-6-14-11(15)8-10-2-1-7-18-10/h1-4,7H,5-6,8H2,(H,14,15)(H2,13,16,17). The Morgan fingerprint density at radius 2 is 2.05 bits per heavy atom. The van der Waals surface area contributed by atoms with Crippen molar-refractivity contribution < 1.29 is 13.2 Å². The molecule has 0 aliphatic heterocycles. The van der Waals surface area contributed by atoms with E-state index < -0.39 is 10.0 Å². The van der Waals surface area contributed by atoms with Crippen LogP contribution in [-0.4, -0.2) is 20.9 Å². The highest BCUT2D eigenvalue weighted by Crippen LogP contribution is 2.20. The summed E-state index contributed by atoms with van der Waals surface area (Å²) in [7, 11) is -3.63. The number of sulfonamides is 1. The van der Waals surface area contributed by atoms with E-state index in [2.05, 4.69) is 5.32 Å². The molecule has 0 bridgehead atoms. The minimum absolute atomic E-state index is 0.0318. The van der Waals surface area contributed by atoms with E-state index in [0.29, 0.717) is 19.4 Å². The number of carbonyl (C=O) groups is 1. The van der Waals surface area contributed by atoms with E-state index in [9.17, 15) is 13.2 Å². The minimum atomic E-state index is -3.63. The van der Waals surface area contributed by atoms with E-state index in [0.717, 1.165) is 21.1 Å². The van der Waals surface area contributed by atoms with Crippen molar-refractivity contribution in [3.63, 3.8) is 0 Å². The van der Waals surface area contributed by atoms with Gasteiger partial charge in [0.25, 0.3) is 0 Å². The van der Waals surface area contributed by atoms with Crippen LogP contribution in [0.15, 0.2) is 33.9 Å². The van der Waals surface area contributed by atoms with Crippen molar-refractivity contribution >= 4 is 38.6 Å². The molecule has 5 nitrogen and oxygen atoms in total. The first-order valence-electron chi connectivity index (χ1n) is 5.86. The second-order valence-corrected chi connectivity index (χ2v) is 8.11. The van der Waals surface area contributed by atoms with Crippen molar-refractivity contribution in [1.29, 1.82) is 0 Å². The number of primary sulfonamides is 1. The van der Waals surface area contributed by atoms with E-state index in [1.54, 1.807) is 17.4 Å². The Balaban J connectivity index is 1.78. The van der Waals surface area contributed by atoms with Crippen LogP contribution < -0.4 is 10.5 Å². The van der Waals surface area contributed by atoms with Crippen LogP contribution in [-0.2, 0) is 27.7 Å². The molecular formula is C12H14N2O3S3. The van der Waals surface area contributed by atoms with Crippen molar-refractivity contribution in [1.82, 2.24) is 5.32 Å². The summed E-state index contributed by atoms with van der Waals surface area (Å²) in [5, 5.41) is 9.78. The zero-order valence-electron chi connectivity index (χ0n) is 10.5. The summed E-state index contributed by atoms with van der Waals surface area (Å²) in [4.78, 5) is 13.6. The van der Waals surface area contributed by atoms with Crippen LogP contribution >= 0.6 is 22.7 Å². The molecule has 1 amide bonds. The first-order valence-corrected chi connectivity index (χ1v) is 9.10. The Morgan fingerprint density at radius 3 is 2.65 bits per heavy atom. The third kappa shape index (κ3) is 4.41. The SMILES string of the molecule is NS(=O)(=O)c1ccc(CCNC(=O)Cc2cccs2)s1. The third-order valence-electron chi connectivity index (χ3n) is 2.53. The largest absolute Gasteiger partial charge is 0.355 e. The van der Waals surface area contributed by atoms with Crippen molar-refractivity contribution in [2.45, 2.75) is 17.1 Å². The fourth-order valence-corrected chi connectivity index (χ4v) is 4.09. The smallest absolute Gasteiger partial charge is 0.247 e. The average Bonchev–Trinajstić information content (AvgIpc) is 2.98. The number of carbonyl (C=O) groups excluding carboxylic acids is 1. The maximum atomic E-state index is 11.6. The lowest BCUT2D eigenvalue weighted by Gasteiger charge is -2.02. The quantitative estimate of drug-likeness (QED) is 0.838. The Morgan fingerprint density at radius 1 is 1.25 bits per heavy atom. The highest BCUT2D eigenvalue weighted by molar-refractivity contribution is 7.91. The first kappa shape index (κ1) is 15.2. The Kier molecular flexibility index (Phi) is 4.92. The summed E-state index contributed by atoms with van der Waals surface area (Å²) in [5.74, 6) is -0.0318. The van der Waals surface area contributed by atoms with Gasteiger partial charge in [0, 0.05) is 16.3 Å². The fraction of sp³-hybridized carbons (Fsp3) is 0.250. The van der Waals surface area contributed by atoms with Gasteiger partial charge >= 0.3 is 0 Å². The van der Waals surface area contributed by atoms with E-state index >= 15 is 0 Å². The Labute approximate surface area is 125 Å². The van der Waals surface area contributed by atoms with Crippen LogP contribution in [0.2, 0.25) is 0 Å². The van der Waals surface area contributed by atoms with Crippen LogP contribution in [0.5, 0.6) is 0 Å². The lowest BCUT2D eigenvalue weighted by molar-refractivity contribution is -0.120. The molecular weight excluding hydrogens is 316 g/mol. The third-order valence-corrected chi connectivity index (χ3v) is 5.99. The van der Waals surface area contributed by atoms with E-state index in [-0.39, 0.29) is 10.1 Å². The predicted octanol–water partition coefficient (Wildman–Crippen LogP) is 1.36. The van der Waals surface area contributed by atoms with Gasteiger partial charge in [-0.3, -0.25) is 4.79 Å². The fourth-order valence-electron chi connectivity index (χ4n) is 1.60. The molecule has 2 aromatic rings. The predicted molar refractivity (Wildman–Crippen MR) is 80.4 cm³/mol. The molecule has 0 aliphatic carbocycles. The van der Waals surface area contributed by atoms with Crippen LogP contribution in [0, 0.1) is 0 Å². The second-order valence-electron chi connectivity index (χ2n) is 4.12. The first-order chi connectivity index (χ1) is 9.45. The summed E-state index contributed by atoms with van der Waals surface area (Å²) in [6.07, 6.45) is 0.973. The summed E-state index contributed by atoms with van der Waals surface area (Å²) < 4.78 is 22.4. The summed E-state index contributed by atoms with van der Waals surface area (Å²) >= 11 is 2.68. The summed E-state index contributed by atoms with van der Waals surface area (Å²) in [5.41, 5.74) is 0. The molecule has 0 saturated carbocycles. The molecule has 108 valence electrons. The maximum absolute atomic E-state index is 11.6. The highest BCUT2D eigenvalue weighted by Gasteiger charge is 2.11. The van der Waals surface area contributed by atoms with Crippen LogP contribution in [0.25, 0.3) is 0 Å². The van der Waals surface area contributed by atoms with Gasteiger partial charge in [-0.15, -0.1) is 22.7 Å². The molecule has 0 fully saturated rings. The topological polar surface area (TPSA) is 89.3 Å². The van der Waals surface area contributed by atoms with E-state index in [4.69, 9.17) is 5.14 Å². The molecule has 20 heavy (non-hydrogen) atoms. The van der Waals surface area contributed by atoms with E-state index in [1.165, 1.54) is 6.07 Å². The zero-order valence-corrected chi connectivity index (χ0v) is 13.0. The molecule has 0 radical (unpaired) electrons. The zero-order chi connectivity index (χ0) is 14.6. The van der Waals surface area contributed by atoms with Crippen molar-refractivity contribution in [3.8, 4) is 0 Å². The monoisotopic (exact) mass is 330 g/mol. The van der Waals surface area contributed by atoms with Crippen LogP contribution in [0.1, 0.15) is 9.75 Å². The van der Waals surface area contributed by atoms with Gasteiger partial charge < -0.3 is 5.32 Å². The average molecular weight is 330 g/mol. The molecule has 0 spiro atoms. The number of nitrogens with two attached hydrogens (primary N) is 1. The van der Waals surface area contributed by atoms with Gasteiger partial charge in [0.15, 0.2) is 0 Å². The molecule has 3 N–H and O–H groups in total. The molecule has 0 aliphatic rings. The minimum Gasteiger partial charge on any atom is -0.355 e. The number of hydrogen-bond donors (Lipinski definition) is 2. The molecule has 0 unspecified atom stereocenters. The maximum Gasteiger partial charge on any atom is 0.247 e. The molecule has 0 aromatic carbocycles. The van der Waals surface area contributed by atoms with Gasteiger partial charge in [-0.05, 0) is 30.0 Å². The van der Waals surface area contributed by atoms with E-state index in [1.807, 2.05) is 17.5 Å². The number of amides is 1. The summed E-state index contributed by atoms with van der Waals surface area (Å²) in [6.45, 7) is 0.481.